The Morgan fingerprint density at radius 1 is 1.14 bits per heavy atom. The maximum atomic E-state index is 13.3. The Labute approximate surface area is 264 Å². The van der Waals surface area contributed by atoms with Crippen LogP contribution in [0, 0.1) is 17.8 Å². The molecule has 2 heterocycles. The minimum atomic E-state index is -2.39. The van der Waals surface area contributed by atoms with Crippen molar-refractivity contribution in [2.24, 2.45) is 17.8 Å². The van der Waals surface area contributed by atoms with Crippen LogP contribution in [0.15, 0.2) is 48.6 Å². The Hall–Kier alpha value is -3.07. The SMILES string of the molecule is CO[C@H]1/C=C\[C@@H](C)CN(C)C(=O)C[C@@](O)(C(=O)O)c2ccc3c(c2)N(C[C@@H]2CC[C@H]21)C[C@@]1(CCCc2cc(Cl)ccc21)CO3. The van der Waals surface area contributed by atoms with Crippen molar-refractivity contribution in [1.82, 2.24) is 4.90 Å². The quantitative estimate of drug-likeness (QED) is 0.445. The molecule has 8 nitrogen and oxygen atoms in total. The zero-order valence-corrected chi connectivity index (χ0v) is 26.6. The molecule has 2 aromatic rings. The van der Waals surface area contributed by atoms with E-state index in [4.69, 9.17) is 21.1 Å². The number of halogens is 1. The molecule has 236 valence electrons. The monoisotopic (exact) mass is 622 g/mol. The first kappa shape index (κ1) is 30.9. The molecule has 9 heteroatoms. The van der Waals surface area contributed by atoms with Gasteiger partial charge in [-0.05, 0) is 90.8 Å². The van der Waals surface area contributed by atoms with Crippen molar-refractivity contribution in [3.63, 3.8) is 0 Å². The zero-order chi connectivity index (χ0) is 31.2. The van der Waals surface area contributed by atoms with Crippen molar-refractivity contribution < 1.29 is 29.3 Å². The van der Waals surface area contributed by atoms with Crippen molar-refractivity contribution >= 4 is 29.2 Å². The molecule has 1 fully saturated rings. The van der Waals surface area contributed by atoms with Crippen LogP contribution < -0.4 is 9.64 Å². The van der Waals surface area contributed by atoms with Crippen LogP contribution in [0.5, 0.6) is 5.75 Å². The summed E-state index contributed by atoms with van der Waals surface area (Å²) in [7, 11) is 3.41. The first-order chi connectivity index (χ1) is 21.0. The Kier molecular flexibility index (Phi) is 8.46. The second-order valence-corrected chi connectivity index (χ2v) is 13.9. The van der Waals surface area contributed by atoms with Gasteiger partial charge in [-0.1, -0.05) is 42.8 Å². The molecule has 6 atom stereocenters. The van der Waals surface area contributed by atoms with E-state index in [-0.39, 0.29) is 23.0 Å². The van der Waals surface area contributed by atoms with Gasteiger partial charge in [0.05, 0.1) is 24.8 Å². The number of methoxy groups -OCH3 is 1. The number of carbonyl (C=O) groups excluding carboxylic acids is 1. The predicted molar refractivity (Wildman–Crippen MR) is 169 cm³/mol. The molecule has 6 rings (SSSR count). The molecule has 2 bridgehead atoms. The molecule has 2 aliphatic carbocycles. The van der Waals surface area contributed by atoms with E-state index in [1.54, 1.807) is 32.4 Å². The van der Waals surface area contributed by atoms with Crippen molar-refractivity contribution in [3.05, 3.63) is 70.3 Å². The molecule has 2 aliphatic heterocycles. The minimum Gasteiger partial charge on any atom is -0.490 e. The fraction of sp³-hybridized carbons (Fsp3) is 0.543. The van der Waals surface area contributed by atoms with E-state index < -0.39 is 23.9 Å². The number of ether oxygens (including phenoxy) is 2. The number of carboxylic acids is 1. The smallest absolute Gasteiger partial charge is 0.340 e. The van der Waals surface area contributed by atoms with Gasteiger partial charge in [0.25, 0.3) is 0 Å². The number of hydrogen-bond donors (Lipinski definition) is 2. The predicted octanol–water partition coefficient (Wildman–Crippen LogP) is 5.18. The number of rotatable bonds is 2. The molecule has 1 amide bonds. The first-order valence-electron chi connectivity index (χ1n) is 15.7. The van der Waals surface area contributed by atoms with Crippen LogP contribution in [-0.4, -0.2) is 73.5 Å². The fourth-order valence-electron chi connectivity index (χ4n) is 7.85. The number of aliphatic carboxylic acids is 1. The normalized spacial score (nSPS) is 33.0. The van der Waals surface area contributed by atoms with Gasteiger partial charge >= 0.3 is 5.97 Å². The third kappa shape index (κ3) is 5.61. The molecule has 0 saturated heterocycles. The van der Waals surface area contributed by atoms with Gasteiger partial charge in [-0.2, -0.15) is 0 Å². The first-order valence-corrected chi connectivity index (χ1v) is 16.1. The van der Waals surface area contributed by atoms with Crippen LogP contribution in [0.2, 0.25) is 5.02 Å². The molecule has 0 unspecified atom stereocenters. The number of carboxylic acid groups (broad SMARTS) is 1. The molecule has 0 aromatic heterocycles. The van der Waals surface area contributed by atoms with Crippen molar-refractivity contribution in [3.8, 4) is 5.75 Å². The lowest BCUT2D eigenvalue weighted by Crippen LogP contribution is -2.49. The van der Waals surface area contributed by atoms with Gasteiger partial charge in [-0.25, -0.2) is 4.79 Å². The summed E-state index contributed by atoms with van der Waals surface area (Å²) in [6.07, 6.45) is 8.66. The van der Waals surface area contributed by atoms with Crippen LogP contribution in [0.4, 0.5) is 5.69 Å². The second kappa shape index (κ2) is 12.0. The molecule has 1 spiro atoms. The van der Waals surface area contributed by atoms with Crippen LogP contribution in [-0.2, 0) is 31.8 Å². The summed E-state index contributed by atoms with van der Waals surface area (Å²) in [5.41, 5.74) is 0.746. The lowest BCUT2D eigenvalue weighted by molar-refractivity contribution is -0.164. The molecule has 1 saturated carbocycles. The summed E-state index contributed by atoms with van der Waals surface area (Å²) < 4.78 is 12.6. The van der Waals surface area contributed by atoms with Crippen LogP contribution in [0.1, 0.15) is 55.7 Å². The summed E-state index contributed by atoms with van der Waals surface area (Å²) in [6.45, 7) is 4.32. The number of aliphatic hydroxyl groups is 1. The average molecular weight is 623 g/mol. The Morgan fingerprint density at radius 3 is 2.68 bits per heavy atom. The maximum Gasteiger partial charge on any atom is 0.340 e. The topological polar surface area (TPSA) is 99.5 Å². The third-order valence-electron chi connectivity index (χ3n) is 10.5. The van der Waals surface area contributed by atoms with E-state index >= 15 is 0 Å². The van der Waals surface area contributed by atoms with Gasteiger partial charge in [0.1, 0.15) is 5.75 Å². The van der Waals surface area contributed by atoms with Gasteiger partial charge in [-0.15, -0.1) is 0 Å². The van der Waals surface area contributed by atoms with Gasteiger partial charge in [0, 0.05) is 44.2 Å². The lowest BCUT2D eigenvalue weighted by atomic mass is 9.68. The number of nitrogens with zero attached hydrogens (tertiary/aromatic N) is 2. The highest BCUT2D eigenvalue weighted by Crippen LogP contribution is 2.47. The molecule has 4 aliphatic rings. The molecule has 44 heavy (non-hydrogen) atoms. The second-order valence-electron chi connectivity index (χ2n) is 13.5. The highest BCUT2D eigenvalue weighted by Gasteiger charge is 2.46. The van der Waals surface area contributed by atoms with Crippen LogP contribution in [0.25, 0.3) is 0 Å². The highest BCUT2D eigenvalue weighted by molar-refractivity contribution is 6.30. The Balaban J connectivity index is 1.47. The van der Waals surface area contributed by atoms with E-state index in [1.807, 2.05) is 13.0 Å². The Morgan fingerprint density at radius 2 is 1.95 bits per heavy atom. The molecular weight excluding hydrogens is 580 g/mol. The largest absolute Gasteiger partial charge is 0.490 e. The molecular formula is C35H43ClN2O6. The lowest BCUT2D eigenvalue weighted by Gasteiger charge is -2.46. The van der Waals surface area contributed by atoms with Crippen molar-refractivity contribution in [2.45, 2.75) is 62.6 Å². The standard InChI is InChI=1S/C35H43ClN2O6/c1-22-6-12-30(43-3)27-10-7-24(27)19-38-20-34(14-4-5-23-15-26(36)9-11-28(23)34)21-44-31-13-8-25(16-29(31)38)35(42,33(40)41)17-32(39)37(2)18-22/h6,8-9,11-13,15-16,22,24,27,30,42H,4-5,7,10,14,17-21H2,1-3H3,(H,40,41)/b12-6-/t22-,24+,27-,30+,34+,35+/m1/s1. The molecule has 0 radical (unpaired) electrons. The number of fused-ring (bicyclic) bond motifs is 4. The van der Waals surface area contributed by atoms with Crippen molar-refractivity contribution in [1.29, 1.82) is 0 Å². The summed E-state index contributed by atoms with van der Waals surface area (Å²) in [6, 6.07) is 11.3. The third-order valence-corrected chi connectivity index (χ3v) is 10.8. The number of anilines is 1. The summed E-state index contributed by atoms with van der Waals surface area (Å²) in [5.74, 6) is -0.530. The molecule has 2 N–H and O–H groups in total. The van der Waals surface area contributed by atoms with Crippen LogP contribution >= 0.6 is 11.6 Å². The van der Waals surface area contributed by atoms with E-state index in [2.05, 4.69) is 29.2 Å². The van der Waals surface area contributed by atoms with Gasteiger partial charge in [-0.3, -0.25) is 4.79 Å². The van der Waals surface area contributed by atoms with E-state index in [1.165, 1.54) is 16.0 Å². The average Bonchev–Trinajstić information content (AvgIpc) is 3.13. The van der Waals surface area contributed by atoms with E-state index in [9.17, 15) is 19.8 Å². The fourth-order valence-corrected chi connectivity index (χ4v) is 8.05. The van der Waals surface area contributed by atoms with E-state index in [0.717, 1.165) is 49.4 Å². The van der Waals surface area contributed by atoms with Crippen molar-refractivity contribution in [2.75, 3.05) is 45.3 Å². The Bertz CT molecular complexity index is 1460. The van der Waals surface area contributed by atoms with Crippen LogP contribution in [0.3, 0.4) is 0 Å². The number of benzene rings is 2. The number of aryl methyl sites for hydroxylation is 1. The molecule has 2 aromatic carbocycles. The minimum absolute atomic E-state index is 0.0272. The van der Waals surface area contributed by atoms with Gasteiger partial charge in [0.2, 0.25) is 5.91 Å². The number of amides is 1. The summed E-state index contributed by atoms with van der Waals surface area (Å²) in [4.78, 5) is 29.8. The zero-order valence-electron chi connectivity index (χ0n) is 25.8. The number of carbonyl (C=O) groups is 2. The van der Waals surface area contributed by atoms with E-state index in [0.29, 0.717) is 37.3 Å². The maximum absolute atomic E-state index is 13.3. The van der Waals surface area contributed by atoms with Gasteiger partial charge in [0.15, 0.2) is 5.60 Å². The summed E-state index contributed by atoms with van der Waals surface area (Å²) in [5, 5.41) is 22.7. The summed E-state index contributed by atoms with van der Waals surface area (Å²) >= 11 is 6.41. The number of hydrogen-bond acceptors (Lipinski definition) is 6. The highest BCUT2D eigenvalue weighted by atomic mass is 35.5. The van der Waals surface area contributed by atoms with Gasteiger partial charge < -0.3 is 29.5 Å².